The molecule has 2 rings (SSSR count). The minimum absolute atomic E-state index is 0.121. The van der Waals surface area contributed by atoms with Crippen molar-refractivity contribution in [1.29, 1.82) is 0 Å². The molecule has 0 aromatic heterocycles. The van der Waals surface area contributed by atoms with Crippen LogP contribution < -0.4 is 0 Å². The fourth-order valence-corrected chi connectivity index (χ4v) is 2.83. The molecule has 0 saturated carbocycles. The van der Waals surface area contributed by atoms with Gasteiger partial charge in [0.15, 0.2) is 0 Å². The number of carboxylic acids is 1. The van der Waals surface area contributed by atoms with Crippen LogP contribution in [0.25, 0.3) is 0 Å². The summed E-state index contributed by atoms with van der Waals surface area (Å²) in [5.41, 5.74) is -0.702. The van der Waals surface area contributed by atoms with Crippen LogP contribution in [0.1, 0.15) is 33.1 Å². The van der Waals surface area contributed by atoms with Gasteiger partial charge in [0.1, 0.15) is 0 Å². The quantitative estimate of drug-likeness (QED) is 0.746. The zero-order chi connectivity index (χ0) is 14.2. The van der Waals surface area contributed by atoms with Crippen LogP contribution in [-0.2, 0) is 14.4 Å². The number of carbonyl (C=O) groups is 3. The van der Waals surface area contributed by atoms with E-state index in [4.69, 9.17) is 0 Å². The number of amides is 2. The smallest absolute Gasteiger partial charge is 0.309 e. The van der Waals surface area contributed by atoms with Gasteiger partial charge in [-0.3, -0.25) is 24.2 Å². The van der Waals surface area contributed by atoms with E-state index < -0.39 is 11.4 Å². The minimum atomic E-state index is -0.781. The maximum absolute atomic E-state index is 12.1. The van der Waals surface area contributed by atoms with E-state index in [0.717, 1.165) is 0 Å². The van der Waals surface area contributed by atoms with Crippen LogP contribution >= 0.6 is 0 Å². The van der Waals surface area contributed by atoms with Crippen LogP contribution in [0.5, 0.6) is 0 Å². The van der Waals surface area contributed by atoms with Crippen molar-refractivity contribution in [3.05, 3.63) is 0 Å². The van der Waals surface area contributed by atoms with Crippen LogP contribution in [0, 0.1) is 5.41 Å². The molecule has 1 N–H and O–H groups in total. The van der Waals surface area contributed by atoms with Gasteiger partial charge in [-0.2, -0.15) is 0 Å². The van der Waals surface area contributed by atoms with E-state index in [1.807, 2.05) is 4.90 Å². The molecular weight excluding hydrogens is 248 g/mol. The summed E-state index contributed by atoms with van der Waals surface area (Å²) in [6, 6.07) is -0.384. The molecule has 0 radical (unpaired) electrons. The predicted octanol–water partition coefficient (Wildman–Crippen LogP) is 0.320. The van der Waals surface area contributed by atoms with Gasteiger partial charge in [0, 0.05) is 19.6 Å². The normalized spacial score (nSPS) is 27.9. The van der Waals surface area contributed by atoms with Crippen LogP contribution in [0.3, 0.4) is 0 Å². The monoisotopic (exact) mass is 268 g/mol. The third-order valence-corrected chi connectivity index (χ3v) is 4.40. The first-order valence-electron chi connectivity index (χ1n) is 6.70. The van der Waals surface area contributed by atoms with E-state index in [1.54, 1.807) is 13.8 Å². The molecule has 2 saturated heterocycles. The topological polar surface area (TPSA) is 77.9 Å². The van der Waals surface area contributed by atoms with Crippen molar-refractivity contribution in [2.24, 2.45) is 5.41 Å². The highest BCUT2D eigenvalue weighted by Gasteiger charge is 2.45. The van der Waals surface area contributed by atoms with Crippen molar-refractivity contribution in [2.75, 3.05) is 19.6 Å². The Morgan fingerprint density at radius 3 is 2.37 bits per heavy atom. The molecule has 0 bridgehead atoms. The van der Waals surface area contributed by atoms with Gasteiger partial charge in [-0.05, 0) is 26.7 Å². The first kappa shape index (κ1) is 14.0. The van der Waals surface area contributed by atoms with Gasteiger partial charge in [-0.1, -0.05) is 0 Å². The number of rotatable bonds is 3. The highest BCUT2D eigenvalue weighted by molar-refractivity contribution is 6.05. The maximum Gasteiger partial charge on any atom is 0.309 e. The molecule has 2 aliphatic rings. The summed E-state index contributed by atoms with van der Waals surface area (Å²) < 4.78 is 0. The van der Waals surface area contributed by atoms with Crippen molar-refractivity contribution in [3.63, 3.8) is 0 Å². The van der Waals surface area contributed by atoms with E-state index in [9.17, 15) is 19.5 Å². The molecule has 6 nitrogen and oxygen atoms in total. The van der Waals surface area contributed by atoms with Gasteiger partial charge in [-0.25, -0.2) is 0 Å². The minimum Gasteiger partial charge on any atom is -0.481 e. The lowest BCUT2D eigenvalue weighted by atomic mass is 9.80. The predicted molar refractivity (Wildman–Crippen MR) is 67.3 cm³/mol. The molecule has 19 heavy (non-hydrogen) atoms. The number of aliphatic carboxylic acids is 1. The Morgan fingerprint density at radius 1 is 1.37 bits per heavy atom. The Morgan fingerprint density at radius 2 is 1.95 bits per heavy atom. The SMILES string of the molecule is CCN1C(=O)CC(N2CCC(C)(C(=O)O)CC2)C1=O. The van der Waals surface area contributed by atoms with E-state index in [1.165, 1.54) is 4.90 Å². The van der Waals surface area contributed by atoms with Gasteiger partial charge in [0.2, 0.25) is 11.8 Å². The third kappa shape index (κ3) is 2.36. The van der Waals surface area contributed by atoms with E-state index in [0.29, 0.717) is 32.5 Å². The van der Waals surface area contributed by atoms with Gasteiger partial charge in [-0.15, -0.1) is 0 Å². The molecule has 2 amide bonds. The van der Waals surface area contributed by atoms with Crippen LogP contribution in [-0.4, -0.2) is 58.4 Å². The molecule has 2 fully saturated rings. The number of imide groups is 1. The molecule has 1 atom stereocenters. The Bertz CT molecular complexity index is 413. The summed E-state index contributed by atoms with van der Waals surface area (Å²) in [5.74, 6) is -1.04. The first-order valence-corrected chi connectivity index (χ1v) is 6.70. The fourth-order valence-electron chi connectivity index (χ4n) is 2.83. The van der Waals surface area contributed by atoms with E-state index in [-0.39, 0.29) is 24.3 Å². The lowest BCUT2D eigenvalue weighted by Crippen LogP contribution is -2.49. The lowest BCUT2D eigenvalue weighted by molar-refractivity contribution is -0.151. The lowest BCUT2D eigenvalue weighted by Gasteiger charge is -2.38. The molecule has 6 heteroatoms. The second-order valence-corrected chi connectivity index (χ2v) is 5.60. The molecule has 0 aliphatic carbocycles. The van der Waals surface area contributed by atoms with Gasteiger partial charge in [0.05, 0.1) is 17.9 Å². The van der Waals surface area contributed by atoms with Crippen molar-refractivity contribution >= 4 is 17.8 Å². The number of hydrogen-bond acceptors (Lipinski definition) is 4. The van der Waals surface area contributed by atoms with Gasteiger partial charge in [0.25, 0.3) is 0 Å². The number of likely N-dealkylation sites (tertiary alicyclic amines) is 2. The first-order chi connectivity index (χ1) is 8.89. The molecule has 0 spiro atoms. The Labute approximate surface area is 112 Å². The number of hydrogen-bond donors (Lipinski definition) is 1. The molecular formula is C13H20N2O4. The van der Waals surface area contributed by atoms with Gasteiger partial charge >= 0.3 is 5.97 Å². The van der Waals surface area contributed by atoms with Crippen molar-refractivity contribution < 1.29 is 19.5 Å². The van der Waals surface area contributed by atoms with Crippen LogP contribution in [0.4, 0.5) is 0 Å². The zero-order valence-corrected chi connectivity index (χ0v) is 11.4. The Balaban J connectivity index is 2.01. The Kier molecular flexibility index (Phi) is 3.62. The summed E-state index contributed by atoms with van der Waals surface area (Å²) in [7, 11) is 0. The summed E-state index contributed by atoms with van der Waals surface area (Å²) in [6.07, 6.45) is 1.27. The highest BCUT2D eigenvalue weighted by atomic mass is 16.4. The summed E-state index contributed by atoms with van der Waals surface area (Å²) in [5, 5.41) is 9.18. The number of nitrogens with zero attached hydrogens (tertiary/aromatic N) is 2. The maximum atomic E-state index is 12.1. The average Bonchev–Trinajstić information content (AvgIpc) is 2.65. The third-order valence-electron chi connectivity index (χ3n) is 4.40. The number of piperidine rings is 1. The van der Waals surface area contributed by atoms with Crippen molar-refractivity contribution in [2.45, 2.75) is 39.2 Å². The second kappa shape index (κ2) is 4.92. The van der Waals surface area contributed by atoms with E-state index in [2.05, 4.69) is 0 Å². The van der Waals surface area contributed by atoms with Crippen LogP contribution in [0.15, 0.2) is 0 Å². The molecule has 0 aromatic carbocycles. The zero-order valence-electron chi connectivity index (χ0n) is 11.4. The Hall–Kier alpha value is -1.43. The number of carboxylic acid groups (broad SMARTS) is 1. The molecule has 2 heterocycles. The molecule has 106 valence electrons. The van der Waals surface area contributed by atoms with Crippen molar-refractivity contribution in [1.82, 2.24) is 9.80 Å². The summed E-state index contributed by atoms with van der Waals surface area (Å²) in [4.78, 5) is 38.2. The van der Waals surface area contributed by atoms with Crippen molar-refractivity contribution in [3.8, 4) is 0 Å². The molecule has 0 aromatic rings. The standard InChI is InChI=1S/C13H20N2O4/c1-3-15-10(16)8-9(11(15)17)14-6-4-13(2,5-7-14)12(18)19/h9H,3-8H2,1-2H3,(H,18,19). The average molecular weight is 268 g/mol. The second-order valence-electron chi connectivity index (χ2n) is 5.60. The molecule has 2 aliphatic heterocycles. The number of carbonyl (C=O) groups excluding carboxylic acids is 2. The number of likely N-dealkylation sites (N-methyl/N-ethyl adjacent to an activating group) is 1. The largest absolute Gasteiger partial charge is 0.481 e. The summed E-state index contributed by atoms with van der Waals surface area (Å²) >= 11 is 0. The fraction of sp³-hybridized carbons (Fsp3) is 0.769. The van der Waals surface area contributed by atoms with Gasteiger partial charge < -0.3 is 5.11 Å². The van der Waals surface area contributed by atoms with Crippen LogP contribution in [0.2, 0.25) is 0 Å². The highest BCUT2D eigenvalue weighted by Crippen LogP contribution is 2.33. The summed E-state index contributed by atoms with van der Waals surface area (Å²) in [6.45, 7) is 5.06. The molecule has 1 unspecified atom stereocenters. The van der Waals surface area contributed by atoms with E-state index >= 15 is 0 Å².